The zero-order valence-electron chi connectivity index (χ0n) is 13.7. The Kier molecular flexibility index (Phi) is 2.72. The molecule has 0 spiro atoms. The molecule has 1 aliphatic heterocycles. The van der Waals surface area contributed by atoms with Crippen molar-refractivity contribution in [3.8, 4) is 22.8 Å². The van der Waals surface area contributed by atoms with E-state index in [4.69, 9.17) is 4.74 Å². The first-order valence-electron chi connectivity index (χ1n) is 8.34. The number of benzene rings is 3. The molecule has 24 heavy (non-hydrogen) atoms. The minimum atomic E-state index is 0.462. The Balaban J connectivity index is 1.87. The van der Waals surface area contributed by atoms with Crippen molar-refractivity contribution >= 4 is 21.5 Å². The van der Waals surface area contributed by atoms with Crippen LogP contribution >= 0.6 is 0 Å². The summed E-state index contributed by atoms with van der Waals surface area (Å²) in [6.45, 7) is 4.42. The van der Waals surface area contributed by atoms with Crippen molar-refractivity contribution in [2.45, 2.75) is 19.8 Å². The predicted octanol–water partition coefficient (Wildman–Crippen LogP) is 6.28. The van der Waals surface area contributed by atoms with E-state index >= 15 is 0 Å². The lowest BCUT2D eigenvalue weighted by molar-refractivity contribution is 0.486. The lowest BCUT2D eigenvalue weighted by Gasteiger charge is -2.22. The molecular weight excluding hydrogens is 294 g/mol. The average molecular weight is 311 g/mol. The topological polar surface area (TPSA) is 22.1 Å². The van der Waals surface area contributed by atoms with Gasteiger partial charge in [0.25, 0.3) is 0 Å². The zero-order valence-corrected chi connectivity index (χ0v) is 13.7. The van der Waals surface area contributed by atoms with Gasteiger partial charge in [-0.1, -0.05) is 44.2 Å². The Hall–Kier alpha value is -2.87. The summed E-state index contributed by atoms with van der Waals surface area (Å²) in [5.74, 6) is 2.27. The maximum atomic E-state index is 6.31. The van der Waals surface area contributed by atoms with E-state index in [1.165, 1.54) is 21.7 Å². The molecule has 0 atom stereocenters. The van der Waals surface area contributed by atoms with E-state index in [2.05, 4.69) is 73.4 Å². The highest BCUT2D eigenvalue weighted by molar-refractivity contribution is 6.04. The Morgan fingerprint density at radius 3 is 2.42 bits per heavy atom. The van der Waals surface area contributed by atoms with Crippen LogP contribution < -0.4 is 4.74 Å². The summed E-state index contributed by atoms with van der Waals surface area (Å²) in [5, 5.41) is 4.71. The van der Waals surface area contributed by atoms with Gasteiger partial charge in [0.1, 0.15) is 11.5 Å². The molecule has 0 N–H and O–H groups in total. The summed E-state index contributed by atoms with van der Waals surface area (Å²) < 4.78 is 6.31. The standard InChI is InChI=1S/C22H17NO/c1-13(2)17-9-16-7-8-23-22-18-10-14-5-3-4-6-15(14)11-19(18)24-20(12-17)21(16)22/h3-13H,1-2H3. The van der Waals surface area contributed by atoms with Crippen molar-refractivity contribution in [3.05, 3.63) is 66.4 Å². The van der Waals surface area contributed by atoms with Crippen molar-refractivity contribution in [2.75, 3.05) is 0 Å². The average Bonchev–Trinajstić information content (AvgIpc) is 2.60. The van der Waals surface area contributed by atoms with E-state index < -0.39 is 0 Å². The molecule has 5 rings (SSSR count). The fourth-order valence-electron chi connectivity index (χ4n) is 3.53. The van der Waals surface area contributed by atoms with Crippen LogP contribution in [0.25, 0.3) is 32.8 Å². The molecule has 0 radical (unpaired) electrons. The Labute approximate surface area is 140 Å². The fraction of sp³-hybridized carbons (Fsp3) is 0.136. The number of hydrogen-bond donors (Lipinski definition) is 0. The zero-order chi connectivity index (χ0) is 16.3. The minimum absolute atomic E-state index is 0.462. The van der Waals surface area contributed by atoms with E-state index in [-0.39, 0.29) is 0 Å². The molecule has 2 heteroatoms. The lowest BCUT2D eigenvalue weighted by atomic mass is 9.93. The van der Waals surface area contributed by atoms with Gasteiger partial charge in [-0.15, -0.1) is 0 Å². The van der Waals surface area contributed by atoms with Crippen LogP contribution in [-0.4, -0.2) is 4.98 Å². The first kappa shape index (κ1) is 13.6. The molecule has 2 heterocycles. The second-order valence-corrected chi connectivity index (χ2v) is 6.73. The third-order valence-corrected chi connectivity index (χ3v) is 4.84. The molecule has 0 saturated heterocycles. The Bertz CT molecular complexity index is 1110. The van der Waals surface area contributed by atoms with E-state index in [1.807, 2.05) is 6.20 Å². The van der Waals surface area contributed by atoms with Crippen LogP contribution in [0, 0.1) is 0 Å². The number of rotatable bonds is 1. The molecule has 0 aliphatic carbocycles. The quantitative estimate of drug-likeness (QED) is 0.363. The van der Waals surface area contributed by atoms with Crippen molar-refractivity contribution in [1.82, 2.24) is 4.98 Å². The molecule has 1 aromatic heterocycles. The SMILES string of the molecule is CC(C)c1cc2c3c(nccc3c1)-c1cc3ccccc3cc1O2. The van der Waals surface area contributed by atoms with Gasteiger partial charge in [0.15, 0.2) is 0 Å². The van der Waals surface area contributed by atoms with Gasteiger partial charge >= 0.3 is 0 Å². The molecule has 3 aromatic carbocycles. The first-order chi connectivity index (χ1) is 11.7. The number of nitrogens with zero attached hydrogens (tertiary/aromatic N) is 1. The molecule has 116 valence electrons. The number of aromatic nitrogens is 1. The van der Waals surface area contributed by atoms with Crippen LogP contribution in [0.3, 0.4) is 0 Å². The number of ether oxygens (including phenoxy) is 1. The number of fused-ring (bicyclic) bond motifs is 3. The van der Waals surface area contributed by atoms with Crippen LogP contribution in [0.15, 0.2) is 60.8 Å². The van der Waals surface area contributed by atoms with E-state index in [1.54, 1.807) is 0 Å². The summed E-state index contributed by atoms with van der Waals surface area (Å²) in [4.78, 5) is 4.68. The Morgan fingerprint density at radius 2 is 1.62 bits per heavy atom. The van der Waals surface area contributed by atoms with E-state index in [0.29, 0.717) is 5.92 Å². The summed E-state index contributed by atoms with van der Waals surface area (Å²) in [6, 6.07) is 19.2. The van der Waals surface area contributed by atoms with Gasteiger partial charge in [0.2, 0.25) is 0 Å². The van der Waals surface area contributed by atoms with Crippen LogP contribution in [0.4, 0.5) is 0 Å². The van der Waals surface area contributed by atoms with E-state index in [9.17, 15) is 0 Å². The molecule has 1 aliphatic rings. The third kappa shape index (κ3) is 1.86. The number of hydrogen-bond acceptors (Lipinski definition) is 2. The van der Waals surface area contributed by atoms with Crippen molar-refractivity contribution in [1.29, 1.82) is 0 Å². The van der Waals surface area contributed by atoms with Crippen LogP contribution in [-0.2, 0) is 0 Å². The monoisotopic (exact) mass is 311 g/mol. The third-order valence-electron chi connectivity index (χ3n) is 4.84. The fourth-order valence-corrected chi connectivity index (χ4v) is 3.53. The maximum absolute atomic E-state index is 6.31. The summed E-state index contributed by atoms with van der Waals surface area (Å²) in [7, 11) is 0. The van der Waals surface area contributed by atoms with Gasteiger partial charge in [0.05, 0.1) is 11.1 Å². The largest absolute Gasteiger partial charge is 0.456 e. The van der Waals surface area contributed by atoms with Crippen molar-refractivity contribution in [3.63, 3.8) is 0 Å². The summed E-state index contributed by atoms with van der Waals surface area (Å²) in [6.07, 6.45) is 1.90. The maximum Gasteiger partial charge on any atom is 0.137 e. The van der Waals surface area contributed by atoms with Gasteiger partial charge in [-0.25, -0.2) is 0 Å². The van der Waals surface area contributed by atoms with Crippen molar-refractivity contribution < 1.29 is 4.74 Å². The van der Waals surface area contributed by atoms with Crippen LogP contribution in [0.1, 0.15) is 25.3 Å². The highest BCUT2D eigenvalue weighted by Gasteiger charge is 2.22. The normalized spacial score (nSPS) is 12.5. The molecule has 0 bridgehead atoms. The first-order valence-corrected chi connectivity index (χ1v) is 8.34. The van der Waals surface area contributed by atoms with Gasteiger partial charge in [-0.2, -0.15) is 0 Å². The smallest absolute Gasteiger partial charge is 0.137 e. The van der Waals surface area contributed by atoms with Crippen molar-refractivity contribution in [2.24, 2.45) is 0 Å². The molecular formula is C22H17NO. The predicted molar refractivity (Wildman–Crippen MR) is 98.8 cm³/mol. The molecule has 0 unspecified atom stereocenters. The number of pyridine rings is 1. The molecule has 4 aromatic rings. The van der Waals surface area contributed by atoms with Crippen LogP contribution in [0.5, 0.6) is 11.5 Å². The molecule has 2 nitrogen and oxygen atoms in total. The minimum Gasteiger partial charge on any atom is -0.456 e. The molecule has 0 amide bonds. The second kappa shape index (κ2) is 4.81. The van der Waals surface area contributed by atoms with Gasteiger partial charge in [-0.3, -0.25) is 4.98 Å². The highest BCUT2D eigenvalue weighted by Crippen LogP contribution is 2.47. The Morgan fingerprint density at radius 1 is 0.833 bits per heavy atom. The summed E-state index contributed by atoms with van der Waals surface area (Å²) >= 11 is 0. The second-order valence-electron chi connectivity index (χ2n) is 6.73. The van der Waals surface area contributed by atoms with E-state index in [0.717, 1.165) is 28.1 Å². The molecule has 0 saturated carbocycles. The van der Waals surface area contributed by atoms with Crippen LogP contribution in [0.2, 0.25) is 0 Å². The lowest BCUT2D eigenvalue weighted by Crippen LogP contribution is -2.01. The summed E-state index contributed by atoms with van der Waals surface area (Å²) in [5.41, 5.74) is 3.38. The van der Waals surface area contributed by atoms with Gasteiger partial charge in [0, 0.05) is 11.8 Å². The van der Waals surface area contributed by atoms with Gasteiger partial charge in [-0.05, 0) is 51.9 Å². The molecule has 0 fully saturated rings. The highest BCUT2D eigenvalue weighted by atomic mass is 16.5. The van der Waals surface area contributed by atoms with Gasteiger partial charge < -0.3 is 4.74 Å².